The molecule has 0 aromatic carbocycles. The molecule has 0 bridgehead atoms. The molecule has 6 heteroatoms. The van der Waals surface area contributed by atoms with Crippen molar-refractivity contribution in [2.24, 2.45) is 0 Å². The number of hydrogen-bond acceptors (Lipinski definition) is 5. The Kier molecular flexibility index (Phi) is 3.33. The largest absolute Gasteiger partial charge is 0.358 e. The van der Waals surface area contributed by atoms with Gasteiger partial charge in [0.2, 0.25) is 5.91 Å². The summed E-state index contributed by atoms with van der Waals surface area (Å²) < 4.78 is 0. The number of carbonyl (C=O) groups is 1. The highest BCUT2D eigenvalue weighted by atomic mass is 32.1. The van der Waals surface area contributed by atoms with Gasteiger partial charge in [-0.2, -0.15) is 0 Å². The maximum atomic E-state index is 11.8. The van der Waals surface area contributed by atoms with E-state index in [2.05, 4.69) is 33.6 Å². The lowest BCUT2D eigenvalue weighted by molar-refractivity contribution is -0.123. The third kappa shape index (κ3) is 2.40. The Bertz CT molecular complexity index is 610. The molecule has 0 radical (unpaired) electrons. The molecule has 0 spiro atoms. The van der Waals surface area contributed by atoms with Crippen molar-refractivity contribution < 1.29 is 4.79 Å². The van der Waals surface area contributed by atoms with E-state index in [9.17, 15) is 4.79 Å². The van der Waals surface area contributed by atoms with Gasteiger partial charge in [-0.1, -0.05) is 6.92 Å². The molecule has 2 N–H and O–H groups in total. The Labute approximate surface area is 115 Å². The van der Waals surface area contributed by atoms with Crippen molar-refractivity contribution in [3.05, 3.63) is 17.3 Å². The van der Waals surface area contributed by atoms with E-state index < -0.39 is 0 Å². The molecule has 1 amide bonds. The zero-order chi connectivity index (χ0) is 13.2. The van der Waals surface area contributed by atoms with Crippen LogP contribution in [0.2, 0.25) is 0 Å². The molecule has 0 saturated carbocycles. The van der Waals surface area contributed by atoms with Crippen LogP contribution in [0.25, 0.3) is 10.2 Å². The van der Waals surface area contributed by atoms with Gasteiger partial charge in [-0.3, -0.25) is 4.79 Å². The summed E-state index contributed by atoms with van der Waals surface area (Å²) in [4.78, 5) is 22.6. The van der Waals surface area contributed by atoms with Gasteiger partial charge in [0.1, 0.15) is 23.0 Å². The van der Waals surface area contributed by atoms with Crippen molar-refractivity contribution >= 4 is 33.3 Å². The number of carbonyl (C=O) groups excluding carboxylic acids is 1. The molecule has 5 nitrogen and oxygen atoms in total. The predicted octanol–water partition coefficient (Wildman–Crippen LogP) is 1.94. The van der Waals surface area contributed by atoms with Gasteiger partial charge in [0.05, 0.1) is 5.39 Å². The Morgan fingerprint density at radius 1 is 1.53 bits per heavy atom. The SMILES string of the molecule is CCc1cc2c(N[C@@H]3CCCNC3=O)ncnc2s1. The van der Waals surface area contributed by atoms with Crippen LogP contribution in [0.4, 0.5) is 5.82 Å². The van der Waals surface area contributed by atoms with Crippen molar-refractivity contribution in [1.82, 2.24) is 15.3 Å². The average molecular weight is 276 g/mol. The monoisotopic (exact) mass is 276 g/mol. The molecule has 1 atom stereocenters. The highest BCUT2D eigenvalue weighted by molar-refractivity contribution is 7.18. The van der Waals surface area contributed by atoms with Gasteiger partial charge >= 0.3 is 0 Å². The van der Waals surface area contributed by atoms with Crippen LogP contribution in [0.5, 0.6) is 0 Å². The molecular formula is C13H16N4OS. The van der Waals surface area contributed by atoms with Crippen LogP contribution >= 0.6 is 11.3 Å². The number of anilines is 1. The molecule has 3 rings (SSSR count). The van der Waals surface area contributed by atoms with Crippen LogP contribution in [-0.4, -0.2) is 28.5 Å². The standard InChI is InChI=1S/C13H16N4OS/c1-2-8-6-9-11(15-7-16-13(9)19-8)17-10-4-3-5-14-12(10)18/h6-7,10H,2-5H2,1H3,(H,14,18)(H,15,16,17)/t10-/m1/s1. The zero-order valence-electron chi connectivity index (χ0n) is 10.8. The predicted molar refractivity (Wildman–Crippen MR) is 76.4 cm³/mol. The summed E-state index contributed by atoms with van der Waals surface area (Å²) in [6, 6.07) is 1.93. The van der Waals surface area contributed by atoms with E-state index >= 15 is 0 Å². The molecule has 100 valence electrons. The van der Waals surface area contributed by atoms with Crippen LogP contribution in [-0.2, 0) is 11.2 Å². The van der Waals surface area contributed by atoms with Crippen molar-refractivity contribution in [2.75, 3.05) is 11.9 Å². The Balaban J connectivity index is 1.91. The fraction of sp³-hybridized carbons (Fsp3) is 0.462. The van der Waals surface area contributed by atoms with Crippen LogP contribution in [0.3, 0.4) is 0 Å². The van der Waals surface area contributed by atoms with Crippen LogP contribution in [0, 0.1) is 0 Å². The number of nitrogens with one attached hydrogen (secondary N) is 2. The number of rotatable bonds is 3. The maximum absolute atomic E-state index is 11.8. The average Bonchev–Trinajstić information content (AvgIpc) is 2.85. The second kappa shape index (κ2) is 5.13. The Morgan fingerprint density at radius 3 is 3.21 bits per heavy atom. The quantitative estimate of drug-likeness (QED) is 0.899. The molecule has 0 unspecified atom stereocenters. The number of fused-ring (bicyclic) bond motifs is 1. The minimum Gasteiger partial charge on any atom is -0.358 e. The minimum atomic E-state index is -0.183. The molecule has 1 fully saturated rings. The Morgan fingerprint density at radius 2 is 2.42 bits per heavy atom. The fourth-order valence-corrected chi connectivity index (χ4v) is 3.20. The summed E-state index contributed by atoms with van der Waals surface area (Å²) in [7, 11) is 0. The molecular weight excluding hydrogens is 260 g/mol. The molecule has 1 aliphatic heterocycles. The van der Waals surface area contributed by atoms with Crippen LogP contribution in [0.15, 0.2) is 12.4 Å². The van der Waals surface area contributed by atoms with Crippen LogP contribution in [0.1, 0.15) is 24.6 Å². The van der Waals surface area contributed by atoms with E-state index in [1.807, 2.05) is 0 Å². The number of hydrogen-bond donors (Lipinski definition) is 2. The smallest absolute Gasteiger partial charge is 0.242 e. The zero-order valence-corrected chi connectivity index (χ0v) is 11.6. The summed E-state index contributed by atoms with van der Waals surface area (Å²) in [5.41, 5.74) is 0. The van der Waals surface area contributed by atoms with Crippen molar-refractivity contribution in [3.63, 3.8) is 0 Å². The molecule has 2 aromatic heterocycles. The van der Waals surface area contributed by atoms with Crippen molar-refractivity contribution in [1.29, 1.82) is 0 Å². The number of nitrogens with zero attached hydrogens (tertiary/aromatic N) is 2. The highest BCUT2D eigenvalue weighted by Crippen LogP contribution is 2.29. The van der Waals surface area contributed by atoms with E-state index in [-0.39, 0.29) is 11.9 Å². The van der Waals surface area contributed by atoms with E-state index in [0.717, 1.165) is 41.8 Å². The van der Waals surface area contributed by atoms with Gasteiger partial charge < -0.3 is 10.6 Å². The molecule has 3 heterocycles. The number of aromatic nitrogens is 2. The summed E-state index contributed by atoms with van der Waals surface area (Å²) in [6.45, 7) is 2.90. The fourth-order valence-electron chi connectivity index (χ4n) is 2.27. The molecule has 1 aliphatic rings. The molecule has 19 heavy (non-hydrogen) atoms. The topological polar surface area (TPSA) is 66.9 Å². The third-order valence-electron chi connectivity index (χ3n) is 3.33. The van der Waals surface area contributed by atoms with Gasteiger partial charge in [0, 0.05) is 11.4 Å². The third-order valence-corrected chi connectivity index (χ3v) is 4.51. The van der Waals surface area contributed by atoms with Crippen molar-refractivity contribution in [3.8, 4) is 0 Å². The summed E-state index contributed by atoms with van der Waals surface area (Å²) in [5.74, 6) is 0.826. The van der Waals surface area contributed by atoms with Crippen molar-refractivity contribution in [2.45, 2.75) is 32.2 Å². The second-order valence-corrected chi connectivity index (χ2v) is 5.75. The normalized spacial score (nSPS) is 19.4. The Hall–Kier alpha value is -1.69. The lowest BCUT2D eigenvalue weighted by Crippen LogP contribution is -2.44. The van der Waals surface area contributed by atoms with Gasteiger partial charge in [0.25, 0.3) is 0 Å². The van der Waals surface area contributed by atoms with E-state index in [1.54, 1.807) is 17.7 Å². The second-order valence-electron chi connectivity index (χ2n) is 4.64. The number of aryl methyl sites for hydroxylation is 1. The van der Waals surface area contributed by atoms with E-state index in [1.165, 1.54) is 4.88 Å². The first-order valence-electron chi connectivity index (χ1n) is 6.55. The van der Waals surface area contributed by atoms with Crippen LogP contribution < -0.4 is 10.6 Å². The summed E-state index contributed by atoms with van der Waals surface area (Å²) in [6.07, 6.45) is 4.40. The number of thiophene rings is 1. The first kappa shape index (κ1) is 12.3. The number of amides is 1. The maximum Gasteiger partial charge on any atom is 0.242 e. The van der Waals surface area contributed by atoms with Gasteiger partial charge in [-0.25, -0.2) is 9.97 Å². The molecule has 0 aliphatic carbocycles. The summed E-state index contributed by atoms with van der Waals surface area (Å²) in [5, 5.41) is 7.15. The lowest BCUT2D eigenvalue weighted by Gasteiger charge is -2.23. The molecule has 2 aromatic rings. The summed E-state index contributed by atoms with van der Waals surface area (Å²) >= 11 is 1.68. The van der Waals surface area contributed by atoms with Gasteiger partial charge in [-0.05, 0) is 25.3 Å². The first-order chi connectivity index (χ1) is 9.28. The number of piperidine rings is 1. The highest BCUT2D eigenvalue weighted by Gasteiger charge is 2.23. The van der Waals surface area contributed by atoms with Gasteiger partial charge in [0.15, 0.2) is 0 Å². The minimum absolute atomic E-state index is 0.0592. The van der Waals surface area contributed by atoms with E-state index in [4.69, 9.17) is 0 Å². The van der Waals surface area contributed by atoms with E-state index in [0.29, 0.717) is 0 Å². The molecule has 1 saturated heterocycles. The lowest BCUT2D eigenvalue weighted by atomic mass is 10.1. The van der Waals surface area contributed by atoms with Gasteiger partial charge in [-0.15, -0.1) is 11.3 Å². The first-order valence-corrected chi connectivity index (χ1v) is 7.37.